The second-order valence-electron chi connectivity index (χ2n) is 7.31. The van der Waals surface area contributed by atoms with Crippen LogP contribution in [0.25, 0.3) is 0 Å². The van der Waals surface area contributed by atoms with E-state index in [2.05, 4.69) is 26.1 Å². The molecule has 6 nitrogen and oxygen atoms in total. The number of piperidine rings is 1. The van der Waals surface area contributed by atoms with Gasteiger partial charge in [-0.05, 0) is 44.9 Å². The van der Waals surface area contributed by atoms with E-state index < -0.39 is 0 Å². The molecular formula is C17H27N5O. The Kier molecular flexibility index (Phi) is 4.53. The second kappa shape index (κ2) is 6.43. The van der Waals surface area contributed by atoms with Crippen LogP contribution >= 0.6 is 0 Å². The van der Waals surface area contributed by atoms with E-state index in [1.165, 1.54) is 19.3 Å². The molecule has 0 aliphatic carbocycles. The van der Waals surface area contributed by atoms with Crippen molar-refractivity contribution >= 4 is 11.7 Å². The Hall–Kier alpha value is -1.69. The number of carbonyl (C=O) groups is 1. The molecule has 2 aliphatic rings. The van der Waals surface area contributed by atoms with Crippen molar-refractivity contribution < 1.29 is 4.79 Å². The van der Waals surface area contributed by atoms with Gasteiger partial charge in [0.05, 0.1) is 12.2 Å². The van der Waals surface area contributed by atoms with E-state index in [4.69, 9.17) is 0 Å². The molecule has 1 aromatic rings. The summed E-state index contributed by atoms with van der Waals surface area (Å²) >= 11 is 0. The van der Waals surface area contributed by atoms with Crippen LogP contribution in [-0.4, -0.2) is 72.7 Å². The number of hydrogen-bond acceptors (Lipinski definition) is 5. The maximum atomic E-state index is 11.9. The highest BCUT2D eigenvalue weighted by atomic mass is 16.2. The molecule has 6 heteroatoms. The zero-order chi connectivity index (χ0) is 16.4. The van der Waals surface area contributed by atoms with Gasteiger partial charge in [0.25, 0.3) is 0 Å². The van der Waals surface area contributed by atoms with E-state index in [9.17, 15) is 4.79 Å². The minimum absolute atomic E-state index is 0.194. The summed E-state index contributed by atoms with van der Waals surface area (Å²) in [4.78, 5) is 18.3. The largest absolute Gasteiger partial charge is 0.355 e. The molecule has 0 N–H and O–H groups in total. The number of rotatable bonds is 3. The van der Waals surface area contributed by atoms with Crippen molar-refractivity contribution in [3.05, 3.63) is 17.8 Å². The van der Waals surface area contributed by atoms with Crippen LogP contribution in [0.5, 0.6) is 0 Å². The van der Waals surface area contributed by atoms with Crippen molar-refractivity contribution in [2.75, 3.05) is 51.7 Å². The van der Waals surface area contributed by atoms with Crippen molar-refractivity contribution in [1.82, 2.24) is 20.0 Å². The van der Waals surface area contributed by atoms with Crippen LogP contribution in [0, 0.1) is 12.3 Å². The average molecular weight is 317 g/mol. The molecule has 2 saturated heterocycles. The Morgan fingerprint density at radius 3 is 2.74 bits per heavy atom. The summed E-state index contributed by atoms with van der Waals surface area (Å²) in [6.07, 6.45) is 3.60. The van der Waals surface area contributed by atoms with Crippen LogP contribution in [0.4, 0.5) is 5.82 Å². The molecule has 23 heavy (non-hydrogen) atoms. The summed E-state index contributed by atoms with van der Waals surface area (Å²) in [5.41, 5.74) is 1.26. The molecule has 2 aliphatic heterocycles. The lowest BCUT2D eigenvalue weighted by atomic mass is 9.79. The van der Waals surface area contributed by atoms with Gasteiger partial charge >= 0.3 is 0 Å². The Morgan fingerprint density at radius 1 is 1.22 bits per heavy atom. The van der Waals surface area contributed by atoms with Gasteiger partial charge < -0.3 is 9.80 Å². The first-order valence-electron chi connectivity index (χ1n) is 8.45. The molecule has 0 aromatic carbocycles. The van der Waals surface area contributed by atoms with Crippen molar-refractivity contribution in [3.8, 4) is 0 Å². The van der Waals surface area contributed by atoms with Crippen molar-refractivity contribution in [1.29, 1.82) is 0 Å². The van der Waals surface area contributed by atoms with Crippen LogP contribution in [0.1, 0.15) is 25.0 Å². The average Bonchev–Trinajstić information content (AvgIpc) is 2.90. The molecule has 0 radical (unpaired) electrons. The summed E-state index contributed by atoms with van der Waals surface area (Å²) in [6, 6.07) is 4.10. The third-order valence-corrected chi connectivity index (χ3v) is 5.14. The highest BCUT2D eigenvalue weighted by Crippen LogP contribution is 2.39. The van der Waals surface area contributed by atoms with E-state index in [-0.39, 0.29) is 5.91 Å². The number of likely N-dealkylation sites (N-methyl/N-ethyl adjacent to an activating group) is 1. The lowest BCUT2D eigenvalue weighted by Crippen LogP contribution is -2.46. The Morgan fingerprint density at radius 2 is 2.04 bits per heavy atom. The standard InChI is InChI=1S/C17H27N5O/c1-14-5-6-15(19-18-14)22-9-4-7-17(13-22)8-10-21(12-17)11-16(23)20(2)3/h5-6H,4,7-13H2,1-3H3. The maximum absolute atomic E-state index is 11.9. The second-order valence-corrected chi connectivity index (χ2v) is 7.31. The van der Waals surface area contributed by atoms with Gasteiger partial charge in [-0.25, -0.2) is 0 Å². The molecule has 1 aromatic heterocycles. The van der Waals surface area contributed by atoms with Crippen LogP contribution in [0.15, 0.2) is 12.1 Å². The Balaban J connectivity index is 1.64. The van der Waals surface area contributed by atoms with Crippen molar-refractivity contribution in [3.63, 3.8) is 0 Å². The molecule has 1 spiro atoms. The fourth-order valence-corrected chi connectivity index (χ4v) is 3.79. The van der Waals surface area contributed by atoms with E-state index in [1.807, 2.05) is 27.1 Å². The lowest BCUT2D eigenvalue weighted by molar-refractivity contribution is -0.129. The van der Waals surface area contributed by atoms with E-state index in [0.717, 1.165) is 37.7 Å². The zero-order valence-corrected chi connectivity index (χ0v) is 14.5. The van der Waals surface area contributed by atoms with Gasteiger partial charge in [-0.3, -0.25) is 9.69 Å². The van der Waals surface area contributed by atoms with Crippen LogP contribution in [0.3, 0.4) is 0 Å². The number of aryl methyl sites for hydroxylation is 1. The van der Waals surface area contributed by atoms with E-state index in [0.29, 0.717) is 12.0 Å². The smallest absolute Gasteiger partial charge is 0.236 e. The minimum Gasteiger partial charge on any atom is -0.355 e. The van der Waals surface area contributed by atoms with Gasteiger partial charge in [-0.2, -0.15) is 5.10 Å². The minimum atomic E-state index is 0.194. The first-order chi connectivity index (χ1) is 11.0. The molecule has 1 atom stereocenters. The fourth-order valence-electron chi connectivity index (χ4n) is 3.79. The summed E-state index contributed by atoms with van der Waals surface area (Å²) in [5.74, 6) is 1.18. The molecule has 2 fully saturated rings. The molecule has 1 amide bonds. The highest BCUT2D eigenvalue weighted by Gasteiger charge is 2.42. The van der Waals surface area contributed by atoms with Gasteiger partial charge in [0, 0.05) is 39.1 Å². The van der Waals surface area contributed by atoms with Gasteiger partial charge in [0.2, 0.25) is 5.91 Å². The first-order valence-corrected chi connectivity index (χ1v) is 8.45. The highest BCUT2D eigenvalue weighted by molar-refractivity contribution is 5.77. The lowest BCUT2D eigenvalue weighted by Gasteiger charge is -2.41. The summed E-state index contributed by atoms with van der Waals surface area (Å²) < 4.78 is 0. The van der Waals surface area contributed by atoms with Crippen molar-refractivity contribution in [2.24, 2.45) is 5.41 Å². The normalized spacial score (nSPS) is 25.1. The Labute approximate surface area is 138 Å². The molecule has 0 bridgehead atoms. The molecule has 3 rings (SSSR count). The van der Waals surface area contributed by atoms with Gasteiger partial charge in [-0.1, -0.05) is 0 Å². The number of hydrogen-bond donors (Lipinski definition) is 0. The van der Waals surface area contributed by atoms with Crippen molar-refractivity contribution in [2.45, 2.75) is 26.2 Å². The van der Waals surface area contributed by atoms with Crippen LogP contribution in [0.2, 0.25) is 0 Å². The molecule has 0 saturated carbocycles. The predicted molar refractivity (Wildman–Crippen MR) is 90.4 cm³/mol. The topological polar surface area (TPSA) is 52.6 Å². The number of nitrogens with zero attached hydrogens (tertiary/aromatic N) is 5. The molecule has 126 valence electrons. The monoisotopic (exact) mass is 317 g/mol. The van der Waals surface area contributed by atoms with Gasteiger partial charge in [0.15, 0.2) is 5.82 Å². The third kappa shape index (κ3) is 3.63. The predicted octanol–water partition coefficient (Wildman–Crippen LogP) is 1.17. The molecular weight excluding hydrogens is 290 g/mol. The van der Waals surface area contributed by atoms with E-state index >= 15 is 0 Å². The number of likely N-dealkylation sites (tertiary alicyclic amines) is 1. The number of carbonyl (C=O) groups excluding carboxylic acids is 1. The summed E-state index contributed by atoms with van der Waals surface area (Å²) in [7, 11) is 3.65. The fraction of sp³-hybridized carbons (Fsp3) is 0.706. The first kappa shape index (κ1) is 16.2. The maximum Gasteiger partial charge on any atom is 0.236 e. The van der Waals surface area contributed by atoms with Crippen LogP contribution < -0.4 is 4.90 Å². The summed E-state index contributed by atoms with van der Waals surface area (Å²) in [5, 5.41) is 8.54. The molecule has 3 heterocycles. The van der Waals surface area contributed by atoms with Crippen LogP contribution in [-0.2, 0) is 4.79 Å². The number of amides is 1. The summed E-state index contributed by atoms with van der Waals surface area (Å²) in [6.45, 7) is 6.62. The molecule has 1 unspecified atom stereocenters. The van der Waals surface area contributed by atoms with Gasteiger partial charge in [0.1, 0.15) is 0 Å². The zero-order valence-electron chi connectivity index (χ0n) is 14.5. The third-order valence-electron chi connectivity index (χ3n) is 5.14. The van der Waals surface area contributed by atoms with Gasteiger partial charge in [-0.15, -0.1) is 5.10 Å². The van der Waals surface area contributed by atoms with E-state index in [1.54, 1.807) is 4.90 Å². The number of aromatic nitrogens is 2. The Bertz CT molecular complexity index is 559. The SMILES string of the molecule is Cc1ccc(N2CCCC3(CCN(CC(=O)N(C)C)C3)C2)nn1. The number of anilines is 1. The quantitative estimate of drug-likeness (QED) is 0.837.